The van der Waals surface area contributed by atoms with Gasteiger partial charge in [-0.1, -0.05) is 6.92 Å². The van der Waals surface area contributed by atoms with Crippen LogP contribution in [-0.2, 0) is 0 Å². The third-order valence-corrected chi connectivity index (χ3v) is 1.71. The molecule has 0 N–H and O–H groups in total. The van der Waals surface area contributed by atoms with Crippen molar-refractivity contribution in [3.05, 3.63) is 12.8 Å². The van der Waals surface area contributed by atoms with Crippen molar-refractivity contribution >= 4 is 0 Å². The van der Waals surface area contributed by atoms with Crippen LogP contribution in [-0.4, -0.2) is 5.67 Å². The molecule has 0 amide bonds. The second-order valence-electron chi connectivity index (χ2n) is 2.55. The molecule has 1 saturated carbocycles. The van der Waals surface area contributed by atoms with Crippen LogP contribution in [0.15, 0.2) is 0 Å². The quantitative estimate of drug-likeness (QED) is 0.516. The predicted molar refractivity (Wildman–Crippen MR) is 32.0 cm³/mol. The predicted octanol–water partition coefficient (Wildman–Crippen LogP) is 2.31. The molecule has 0 aliphatic heterocycles. The van der Waals surface area contributed by atoms with Gasteiger partial charge in [0.25, 0.3) is 0 Å². The van der Waals surface area contributed by atoms with E-state index < -0.39 is 5.67 Å². The summed E-state index contributed by atoms with van der Waals surface area (Å²) in [7, 11) is 0. The Morgan fingerprint density at radius 1 is 1.75 bits per heavy atom. The molecule has 0 nitrogen and oxygen atoms in total. The summed E-state index contributed by atoms with van der Waals surface area (Å²) in [6.07, 6.45) is 2.37. The summed E-state index contributed by atoms with van der Waals surface area (Å²) in [5, 5.41) is 0. The fraction of sp³-hybridized carbons (Fsp3) is 0.714. The molecule has 1 fully saturated rings. The minimum absolute atomic E-state index is 0.391. The minimum atomic E-state index is -1.04. The molecule has 0 heterocycles. The monoisotopic (exact) mass is 114 g/mol. The van der Waals surface area contributed by atoms with Crippen molar-refractivity contribution < 1.29 is 4.39 Å². The molecule has 1 unspecified atom stereocenters. The van der Waals surface area contributed by atoms with E-state index in [1.807, 2.05) is 0 Å². The third-order valence-electron chi connectivity index (χ3n) is 1.71. The maximum atomic E-state index is 12.9. The first-order valence-corrected chi connectivity index (χ1v) is 3.00. The van der Waals surface area contributed by atoms with Crippen LogP contribution in [0.3, 0.4) is 0 Å². The van der Waals surface area contributed by atoms with Gasteiger partial charge in [-0.3, -0.25) is 0 Å². The maximum Gasteiger partial charge on any atom is 0.114 e. The van der Waals surface area contributed by atoms with E-state index in [2.05, 4.69) is 6.92 Å². The lowest BCUT2D eigenvalue weighted by Gasteiger charge is -2.15. The lowest BCUT2D eigenvalue weighted by atomic mass is 10.0. The molecule has 0 aromatic rings. The molecular formula is C7H11F. The van der Waals surface area contributed by atoms with Gasteiger partial charge in [-0.25, -0.2) is 4.39 Å². The third kappa shape index (κ3) is 1.01. The van der Waals surface area contributed by atoms with Crippen molar-refractivity contribution in [2.24, 2.45) is 0 Å². The fourth-order valence-corrected chi connectivity index (χ4v) is 0.761. The number of hydrogen-bond acceptors (Lipinski definition) is 0. The SMILES string of the molecule is [CH2]CC(C)(F)[C]1CC1. The molecule has 1 heteroatoms. The molecule has 0 bridgehead atoms. The van der Waals surface area contributed by atoms with Gasteiger partial charge in [0, 0.05) is 5.92 Å². The first-order chi connectivity index (χ1) is 3.67. The average molecular weight is 114 g/mol. The fourth-order valence-electron chi connectivity index (χ4n) is 0.761. The van der Waals surface area contributed by atoms with Crippen LogP contribution in [0.1, 0.15) is 26.2 Å². The van der Waals surface area contributed by atoms with Crippen LogP contribution in [0.5, 0.6) is 0 Å². The first kappa shape index (κ1) is 6.06. The van der Waals surface area contributed by atoms with E-state index in [0.29, 0.717) is 6.42 Å². The van der Waals surface area contributed by atoms with Crippen molar-refractivity contribution in [1.29, 1.82) is 0 Å². The summed E-state index contributed by atoms with van der Waals surface area (Å²) in [5.41, 5.74) is -1.04. The van der Waals surface area contributed by atoms with Crippen LogP contribution < -0.4 is 0 Å². The molecule has 0 aromatic carbocycles. The number of halogens is 1. The topological polar surface area (TPSA) is 0 Å². The van der Waals surface area contributed by atoms with E-state index in [9.17, 15) is 4.39 Å². The largest absolute Gasteiger partial charge is 0.244 e. The van der Waals surface area contributed by atoms with Crippen molar-refractivity contribution in [2.45, 2.75) is 31.9 Å². The summed E-state index contributed by atoms with van der Waals surface area (Å²) in [4.78, 5) is 0. The van der Waals surface area contributed by atoms with E-state index in [1.165, 1.54) is 0 Å². The summed E-state index contributed by atoms with van der Waals surface area (Å²) >= 11 is 0. The Bertz CT molecular complexity index is 82.4. The number of hydrogen-bond donors (Lipinski definition) is 0. The van der Waals surface area contributed by atoms with E-state index in [-0.39, 0.29) is 0 Å². The standard InChI is InChI=1S/C7H11F/c1-3-7(2,8)6-4-5-6/h1,3-5H2,2H3. The second kappa shape index (κ2) is 1.71. The van der Waals surface area contributed by atoms with Crippen LogP contribution in [0.4, 0.5) is 4.39 Å². The molecule has 0 saturated heterocycles. The Balaban J connectivity index is 2.37. The average Bonchev–Trinajstić information content (AvgIpc) is 2.44. The van der Waals surface area contributed by atoms with Crippen LogP contribution in [0.25, 0.3) is 0 Å². The van der Waals surface area contributed by atoms with Crippen LogP contribution in [0, 0.1) is 12.8 Å². The normalized spacial score (nSPS) is 27.4. The van der Waals surface area contributed by atoms with Crippen molar-refractivity contribution in [3.63, 3.8) is 0 Å². The van der Waals surface area contributed by atoms with E-state index >= 15 is 0 Å². The highest BCUT2D eigenvalue weighted by Gasteiger charge is 2.40. The van der Waals surface area contributed by atoms with Crippen LogP contribution >= 0.6 is 0 Å². The highest BCUT2D eigenvalue weighted by molar-refractivity contribution is 5.18. The highest BCUT2D eigenvalue weighted by atomic mass is 19.1. The summed E-state index contributed by atoms with van der Waals surface area (Å²) < 4.78 is 12.9. The summed E-state index contributed by atoms with van der Waals surface area (Å²) in [6, 6.07) is 0. The molecule has 8 heavy (non-hydrogen) atoms. The molecule has 0 spiro atoms. The Morgan fingerprint density at radius 2 is 2.25 bits per heavy atom. The van der Waals surface area contributed by atoms with Gasteiger partial charge in [-0.2, -0.15) is 0 Å². The lowest BCUT2D eigenvalue weighted by molar-refractivity contribution is 0.228. The molecule has 0 aromatic heterocycles. The van der Waals surface area contributed by atoms with Gasteiger partial charge in [0.15, 0.2) is 0 Å². The van der Waals surface area contributed by atoms with E-state index in [0.717, 1.165) is 18.8 Å². The highest BCUT2D eigenvalue weighted by Crippen LogP contribution is 2.45. The zero-order chi connectivity index (χ0) is 6.20. The van der Waals surface area contributed by atoms with Crippen LogP contribution in [0.2, 0.25) is 0 Å². The molecule has 46 valence electrons. The minimum Gasteiger partial charge on any atom is -0.244 e. The molecule has 1 atom stereocenters. The maximum absolute atomic E-state index is 12.9. The second-order valence-corrected chi connectivity index (χ2v) is 2.55. The Kier molecular flexibility index (Phi) is 1.30. The molecule has 1 aliphatic carbocycles. The van der Waals surface area contributed by atoms with E-state index in [4.69, 9.17) is 0 Å². The van der Waals surface area contributed by atoms with Gasteiger partial charge >= 0.3 is 0 Å². The van der Waals surface area contributed by atoms with Crippen molar-refractivity contribution in [2.75, 3.05) is 0 Å². The van der Waals surface area contributed by atoms with Gasteiger partial charge in [-0.05, 0) is 26.2 Å². The molecular weight excluding hydrogens is 103 g/mol. The first-order valence-electron chi connectivity index (χ1n) is 3.00. The zero-order valence-corrected chi connectivity index (χ0v) is 5.21. The Morgan fingerprint density at radius 3 is 2.38 bits per heavy atom. The van der Waals surface area contributed by atoms with Gasteiger partial charge in [-0.15, -0.1) is 0 Å². The number of alkyl halides is 1. The number of rotatable bonds is 2. The Hall–Kier alpha value is -0.0700. The summed E-state index contributed by atoms with van der Waals surface area (Å²) in [5.74, 6) is 1.05. The molecule has 2 radical (unpaired) electrons. The van der Waals surface area contributed by atoms with Gasteiger partial charge < -0.3 is 0 Å². The van der Waals surface area contributed by atoms with Crippen molar-refractivity contribution in [1.82, 2.24) is 0 Å². The Labute approximate surface area is 50.1 Å². The zero-order valence-electron chi connectivity index (χ0n) is 5.21. The molecule has 1 rings (SSSR count). The van der Waals surface area contributed by atoms with Gasteiger partial charge in [0.1, 0.15) is 5.67 Å². The smallest absolute Gasteiger partial charge is 0.114 e. The van der Waals surface area contributed by atoms with Gasteiger partial charge in [0.2, 0.25) is 0 Å². The van der Waals surface area contributed by atoms with Gasteiger partial charge in [0.05, 0.1) is 0 Å². The summed E-state index contributed by atoms with van der Waals surface area (Å²) in [6.45, 7) is 5.14. The molecule has 1 aliphatic rings. The lowest BCUT2D eigenvalue weighted by Crippen LogP contribution is -2.17. The van der Waals surface area contributed by atoms with Crippen molar-refractivity contribution in [3.8, 4) is 0 Å². The van der Waals surface area contributed by atoms with E-state index in [1.54, 1.807) is 6.92 Å².